The number of likely N-dealkylation sites (N-methyl/N-ethyl adjacent to an activating group) is 1. The van der Waals surface area contributed by atoms with E-state index in [9.17, 15) is 9.18 Å². The fourth-order valence-electron chi connectivity index (χ4n) is 1.35. The van der Waals surface area contributed by atoms with Gasteiger partial charge in [-0.1, -0.05) is 25.4 Å². The summed E-state index contributed by atoms with van der Waals surface area (Å²) in [6, 6.07) is 1.17. The van der Waals surface area contributed by atoms with Crippen LogP contribution in [0.3, 0.4) is 0 Å². The van der Waals surface area contributed by atoms with E-state index in [1.54, 1.807) is 7.05 Å². The number of hydrogen-bond acceptors (Lipinski definition) is 3. The zero-order chi connectivity index (χ0) is 13.7. The summed E-state index contributed by atoms with van der Waals surface area (Å²) in [5.74, 6) is -0.215. The first kappa shape index (κ1) is 14.7. The van der Waals surface area contributed by atoms with Crippen LogP contribution in [-0.2, 0) is 4.79 Å². The lowest BCUT2D eigenvalue weighted by atomic mass is 10.2. The van der Waals surface area contributed by atoms with Gasteiger partial charge >= 0.3 is 0 Å². The number of anilines is 1. The second-order valence-corrected chi connectivity index (χ2v) is 4.95. The zero-order valence-electron chi connectivity index (χ0n) is 10.7. The van der Waals surface area contributed by atoms with Gasteiger partial charge in [-0.25, -0.2) is 9.37 Å². The van der Waals surface area contributed by atoms with Crippen LogP contribution in [0.5, 0.6) is 0 Å². The SMILES string of the molecule is CC(C)CNC(=O)CN(C)c1ncc(Cl)cc1F. The summed E-state index contributed by atoms with van der Waals surface area (Å²) in [6.45, 7) is 4.66. The molecule has 0 bridgehead atoms. The average molecular weight is 274 g/mol. The third-order valence-corrected chi connectivity index (χ3v) is 2.44. The second-order valence-electron chi connectivity index (χ2n) is 4.51. The Morgan fingerprint density at radius 3 is 2.83 bits per heavy atom. The van der Waals surface area contributed by atoms with Crippen molar-refractivity contribution in [2.45, 2.75) is 13.8 Å². The maximum atomic E-state index is 13.5. The predicted molar refractivity (Wildman–Crippen MR) is 70.3 cm³/mol. The van der Waals surface area contributed by atoms with Crippen LogP contribution in [0.1, 0.15) is 13.8 Å². The Balaban J connectivity index is 2.59. The highest BCUT2D eigenvalue weighted by Crippen LogP contribution is 2.18. The monoisotopic (exact) mass is 273 g/mol. The summed E-state index contributed by atoms with van der Waals surface area (Å²) >= 11 is 5.61. The van der Waals surface area contributed by atoms with Crippen molar-refractivity contribution in [3.63, 3.8) is 0 Å². The summed E-state index contributed by atoms with van der Waals surface area (Å²) < 4.78 is 13.5. The van der Waals surface area contributed by atoms with Gasteiger partial charge in [0.15, 0.2) is 11.6 Å². The minimum atomic E-state index is -0.540. The number of rotatable bonds is 5. The molecule has 0 radical (unpaired) electrons. The molecule has 0 atom stereocenters. The average Bonchev–Trinajstić information content (AvgIpc) is 2.26. The molecule has 1 rings (SSSR count). The molecule has 4 nitrogen and oxygen atoms in total. The summed E-state index contributed by atoms with van der Waals surface area (Å²) in [4.78, 5) is 16.9. The Hall–Kier alpha value is -1.36. The molecule has 0 saturated heterocycles. The number of nitrogens with one attached hydrogen (secondary N) is 1. The van der Waals surface area contributed by atoms with E-state index in [1.165, 1.54) is 17.2 Å². The van der Waals surface area contributed by atoms with E-state index in [4.69, 9.17) is 11.6 Å². The molecule has 1 N–H and O–H groups in total. The highest BCUT2D eigenvalue weighted by atomic mass is 35.5. The Labute approximate surface area is 111 Å². The van der Waals surface area contributed by atoms with Gasteiger partial charge in [-0.05, 0) is 12.0 Å². The lowest BCUT2D eigenvalue weighted by molar-refractivity contribution is -0.119. The molecule has 1 aromatic heterocycles. The van der Waals surface area contributed by atoms with E-state index in [0.717, 1.165) is 0 Å². The number of hydrogen-bond donors (Lipinski definition) is 1. The van der Waals surface area contributed by atoms with Gasteiger partial charge in [-0.15, -0.1) is 0 Å². The summed E-state index contributed by atoms with van der Waals surface area (Å²) in [7, 11) is 1.61. The molecule has 0 spiro atoms. The molecule has 6 heteroatoms. The van der Waals surface area contributed by atoms with E-state index >= 15 is 0 Å². The van der Waals surface area contributed by atoms with Crippen LogP contribution in [0.15, 0.2) is 12.3 Å². The molecule has 0 saturated carbocycles. The van der Waals surface area contributed by atoms with Gasteiger partial charge in [0, 0.05) is 19.8 Å². The van der Waals surface area contributed by atoms with Crippen molar-refractivity contribution in [1.29, 1.82) is 0 Å². The van der Waals surface area contributed by atoms with Gasteiger partial charge in [0.25, 0.3) is 0 Å². The van der Waals surface area contributed by atoms with Gasteiger partial charge in [0.2, 0.25) is 5.91 Å². The largest absolute Gasteiger partial charge is 0.354 e. The molecule has 18 heavy (non-hydrogen) atoms. The normalized spacial score (nSPS) is 10.6. The number of carbonyl (C=O) groups excluding carboxylic acids is 1. The number of aromatic nitrogens is 1. The van der Waals surface area contributed by atoms with Gasteiger partial charge < -0.3 is 10.2 Å². The summed E-state index contributed by atoms with van der Waals surface area (Å²) in [6.07, 6.45) is 1.35. The topological polar surface area (TPSA) is 45.2 Å². The number of pyridine rings is 1. The lowest BCUT2D eigenvalue weighted by Crippen LogP contribution is -2.37. The van der Waals surface area contributed by atoms with E-state index in [-0.39, 0.29) is 23.3 Å². The van der Waals surface area contributed by atoms with Crippen LogP contribution >= 0.6 is 11.6 Å². The van der Waals surface area contributed by atoms with Gasteiger partial charge in [0.05, 0.1) is 11.6 Å². The first-order valence-electron chi connectivity index (χ1n) is 5.69. The molecule has 0 aliphatic rings. The second kappa shape index (κ2) is 6.54. The number of carbonyl (C=O) groups is 1. The molecule has 0 aliphatic carbocycles. The minimum absolute atomic E-state index is 0.0538. The van der Waals surface area contributed by atoms with Crippen molar-refractivity contribution in [2.75, 3.05) is 25.0 Å². The standard InChI is InChI=1S/C12H17ClFN3O/c1-8(2)5-15-11(18)7-17(3)12-10(14)4-9(13)6-16-12/h4,6,8H,5,7H2,1-3H3,(H,15,18). The van der Waals surface area contributed by atoms with Crippen molar-refractivity contribution >= 4 is 23.3 Å². The van der Waals surface area contributed by atoms with E-state index in [0.29, 0.717) is 12.5 Å². The molecular formula is C12H17ClFN3O. The molecule has 1 heterocycles. The van der Waals surface area contributed by atoms with Gasteiger partial charge in [-0.2, -0.15) is 0 Å². The minimum Gasteiger partial charge on any atom is -0.354 e. The highest BCUT2D eigenvalue weighted by Gasteiger charge is 2.13. The summed E-state index contributed by atoms with van der Waals surface area (Å²) in [5, 5.41) is 2.99. The highest BCUT2D eigenvalue weighted by molar-refractivity contribution is 6.30. The Morgan fingerprint density at radius 2 is 2.28 bits per heavy atom. The number of amides is 1. The van der Waals surface area contributed by atoms with E-state index in [2.05, 4.69) is 10.3 Å². The number of nitrogens with zero attached hydrogens (tertiary/aromatic N) is 2. The molecule has 1 aromatic rings. The van der Waals surface area contributed by atoms with E-state index < -0.39 is 5.82 Å². The zero-order valence-corrected chi connectivity index (χ0v) is 11.5. The van der Waals surface area contributed by atoms with Gasteiger partial charge in [0.1, 0.15) is 0 Å². The van der Waals surface area contributed by atoms with Crippen molar-refractivity contribution in [3.8, 4) is 0 Å². The van der Waals surface area contributed by atoms with Crippen molar-refractivity contribution in [1.82, 2.24) is 10.3 Å². The van der Waals surface area contributed by atoms with Crippen molar-refractivity contribution in [2.24, 2.45) is 5.92 Å². The molecule has 1 amide bonds. The molecule has 0 aromatic carbocycles. The Morgan fingerprint density at radius 1 is 1.61 bits per heavy atom. The third-order valence-electron chi connectivity index (χ3n) is 2.24. The lowest BCUT2D eigenvalue weighted by Gasteiger charge is -2.18. The first-order valence-corrected chi connectivity index (χ1v) is 6.06. The predicted octanol–water partition coefficient (Wildman–Crippen LogP) is 2.08. The molecule has 0 unspecified atom stereocenters. The molecule has 0 aliphatic heterocycles. The van der Waals surface area contributed by atoms with Crippen LogP contribution in [0.25, 0.3) is 0 Å². The van der Waals surface area contributed by atoms with Gasteiger partial charge in [-0.3, -0.25) is 4.79 Å². The summed E-state index contributed by atoms with van der Waals surface area (Å²) in [5.41, 5.74) is 0. The molecule has 100 valence electrons. The van der Waals surface area contributed by atoms with Crippen LogP contribution in [0, 0.1) is 11.7 Å². The van der Waals surface area contributed by atoms with Crippen molar-refractivity contribution < 1.29 is 9.18 Å². The third kappa shape index (κ3) is 4.49. The van der Waals surface area contributed by atoms with Crippen LogP contribution in [0.2, 0.25) is 5.02 Å². The maximum Gasteiger partial charge on any atom is 0.239 e. The smallest absolute Gasteiger partial charge is 0.239 e. The van der Waals surface area contributed by atoms with Crippen LogP contribution < -0.4 is 10.2 Å². The van der Waals surface area contributed by atoms with E-state index in [1.807, 2.05) is 13.8 Å². The molecule has 0 fully saturated rings. The fraction of sp³-hybridized carbons (Fsp3) is 0.500. The Bertz CT molecular complexity index is 426. The maximum absolute atomic E-state index is 13.5. The quantitative estimate of drug-likeness (QED) is 0.893. The van der Waals surface area contributed by atoms with Crippen LogP contribution in [-0.4, -0.2) is 31.0 Å². The number of halogens is 2. The van der Waals surface area contributed by atoms with Crippen LogP contribution in [0.4, 0.5) is 10.2 Å². The van der Waals surface area contributed by atoms with Crippen molar-refractivity contribution in [3.05, 3.63) is 23.1 Å². The fourth-order valence-corrected chi connectivity index (χ4v) is 1.50. The molecular weight excluding hydrogens is 257 g/mol. The Kier molecular flexibility index (Phi) is 5.34. The first-order chi connectivity index (χ1) is 8.40.